The SMILES string of the molecule is Cc1cc(S(=O)(=O)N(OC(F)(F)F)c2ccc(-c3ccccc3)cc2)cc(C(=O)O)c1C. The van der Waals surface area contributed by atoms with Crippen LogP contribution in [-0.2, 0) is 14.9 Å². The number of carboxylic acids is 1. The van der Waals surface area contributed by atoms with Crippen molar-refractivity contribution in [2.45, 2.75) is 25.1 Å². The Morgan fingerprint density at radius 1 is 0.938 bits per heavy atom. The van der Waals surface area contributed by atoms with Crippen LogP contribution in [0.25, 0.3) is 11.1 Å². The number of carboxylic acid groups (broad SMARTS) is 1. The van der Waals surface area contributed by atoms with Gasteiger partial charge in [0.05, 0.1) is 16.1 Å². The minimum absolute atomic E-state index is 0.252. The lowest BCUT2D eigenvalue weighted by Crippen LogP contribution is -2.37. The normalized spacial score (nSPS) is 11.9. The fourth-order valence-corrected chi connectivity index (χ4v) is 4.40. The highest BCUT2D eigenvalue weighted by atomic mass is 32.2. The van der Waals surface area contributed by atoms with Gasteiger partial charge in [0, 0.05) is 0 Å². The molecule has 3 aromatic rings. The molecule has 0 radical (unpaired) electrons. The Balaban J connectivity index is 2.11. The molecule has 168 valence electrons. The summed E-state index contributed by atoms with van der Waals surface area (Å²) in [6.07, 6.45) is -5.32. The van der Waals surface area contributed by atoms with E-state index >= 15 is 0 Å². The Bertz CT molecular complexity index is 1240. The Labute approximate surface area is 182 Å². The maximum atomic E-state index is 13.1. The lowest BCUT2D eigenvalue weighted by atomic mass is 10.0. The van der Waals surface area contributed by atoms with Crippen molar-refractivity contribution in [1.82, 2.24) is 0 Å². The number of aromatic carboxylic acids is 1. The third kappa shape index (κ3) is 4.92. The van der Waals surface area contributed by atoms with Crippen molar-refractivity contribution in [3.8, 4) is 11.1 Å². The van der Waals surface area contributed by atoms with Crippen LogP contribution in [0.2, 0.25) is 0 Å². The molecule has 0 aliphatic heterocycles. The highest BCUT2D eigenvalue weighted by Gasteiger charge is 2.40. The summed E-state index contributed by atoms with van der Waals surface area (Å²) in [6, 6.07) is 16.1. The second-order valence-corrected chi connectivity index (χ2v) is 8.65. The van der Waals surface area contributed by atoms with E-state index in [-0.39, 0.29) is 15.6 Å². The van der Waals surface area contributed by atoms with Crippen LogP contribution in [0.1, 0.15) is 21.5 Å². The number of sulfonamides is 1. The molecule has 0 heterocycles. The van der Waals surface area contributed by atoms with Gasteiger partial charge in [-0.05, 0) is 60.4 Å². The Morgan fingerprint density at radius 2 is 1.50 bits per heavy atom. The smallest absolute Gasteiger partial charge is 0.478 e. The summed E-state index contributed by atoms with van der Waals surface area (Å²) >= 11 is 0. The van der Waals surface area contributed by atoms with Crippen LogP contribution in [-0.4, -0.2) is 25.9 Å². The number of rotatable bonds is 6. The van der Waals surface area contributed by atoms with Crippen LogP contribution in [0.3, 0.4) is 0 Å². The van der Waals surface area contributed by atoms with Gasteiger partial charge in [-0.3, -0.25) is 0 Å². The molecule has 0 saturated heterocycles. The summed E-state index contributed by atoms with van der Waals surface area (Å²) in [5.74, 6) is -1.40. The molecule has 1 N–H and O–H groups in total. The molecule has 0 atom stereocenters. The number of alkyl halides is 3. The fourth-order valence-electron chi connectivity index (χ4n) is 3.03. The number of halogens is 3. The maximum absolute atomic E-state index is 13.1. The van der Waals surface area contributed by atoms with Gasteiger partial charge < -0.3 is 5.11 Å². The van der Waals surface area contributed by atoms with Gasteiger partial charge in [-0.25, -0.2) is 4.79 Å². The zero-order chi connectivity index (χ0) is 23.7. The minimum atomic E-state index is -5.32. The van der Waals surface area contributed by atoms with Crippen LogP contribution >= 0.6 is 0 Å². The van der Waals surface area contributed by atoms with Crippen molar-refractivity contribution in [2.75, 3.05) is 4.47 Å². The summed E-state index contributed by atoms with van der Waals surface area (Å²) in [7, 11) is -4.93. The molecular weight excluding hydrogens is 447 g/mol. The van der Waals surface area contributed by atoms with Gasteiger partial charge in [-0.1, -0.05) is 42.5 Å². The number of nitrogens with zero attached hydrogens (tertiary/aromatic N) is 1. The molecule has 0 bridgehead atoms. The molecule has 0 spiro atoms. The minimum Gasteiger partial charge on any atom is -0.478 e. The summed E-state index contributed by atoms with van der Waals surface area (Å²) in [5, 5.41) is 9.34. The number of benzene rings is 3. The first kappa shape index (κ1) is 23.3. The second kappa shape index (κ2) is 8.64. The lowest BCUT2D eigenvalue weighted by molar-refractivity contribution is -0.322. The molecular formula is C22H18F3NO5S. The molecule has 3 aromatic carbocycles. The third-order valence-electron chi connectivity index (χ3n) is 4.76. The molecule has 10 heteroatoms. The van der Waals surface area contributed by atoms with E-state index in [1.54, 1.807) is 30.3 Å². The summed E-state index contributed by atoms with van der Waals surface area (Å²) in [6.45, 7) is 2.94. The highest BCUT2D eigenvalue weighted by molar-refractivity contribution is 7.92. The predicted octanol–water partition coefficient (Wildman–Crippen LogP) is 5.32. The summed E-state index contributed by atoms with van der Waals surface area (Å²) in [5.41, 5.74) is 1.28. The number of carbonyl (C=O) groups is 1. The van der Waals surface area contributed by atoms with Gasteiger partial charge in [0.25, 0.3) is 10.0 Å². The molecule has 0 unspecified atom stereocenters. The molecule has 0 amide bonds. The molecule has 0 saturated carbocycles. The van der Waals surface area contributed by atoms with E-state index in [9.17, 15) is 31.5 Å². The van der Waals surface area contributed by atoms with E-state index in [1.807, 2.05) is 0 Å². The number of aryl methyl sites for hydroxylation is 1. The van der Waals surface area contributed by atoms with Crippen molar-refractivity contribution < 1.29 is 36.3 Å². The van der Waals surface area contributed by atoms with Gasteiger partial charge in [-0.2, -0.15) is 13.3 Å². The van der Waals surface area contributed by atoms with Gasteiger partial charge in [-0.15, -0.1) is 17.6 Å². The Hall–Kier alpha value is -3.37. The Kier molecular flexibility index (Phi) is 6.29. The molecule has 0 aliphatic rings. The van der Waals surface area contributed by atoms with Crippen molar-refractivity contribution >= 4 is 21.7 Å². The molecule has 0 fully saturated rings. The fraction of sp³-hybridized carbons (Fsp3) is 0.136. The van der Waals surface area contributed by atoms with Crippen LogP contribution in [0.5, 0.6) is 0 Å². The molecule has 6 nitrogen and oxygen atoms in total. The highest BCUT2D eigenvalue weighted by Crippen LogP contribution is 2.32. The topological polar surface area (TPSA) is 83.9 Å². The van der Waals surface area contributed by atoms with Crippen LogP contribution in [0.4, 0.5) is 18.9 Å². The van der Waals surface area contributed by atoms with E-state index in [2.05, 4.69) is 4.84 Å². The van der Waals surface area contributed by atoms with E-state index in [4.69, 9.17) is 0 Å². The van der Waals surface area contributed by atoms with E-state index < -0.39 is 32.9 Å². The molecule has 0 aromatic heterocycles. The van der Waals surface area contributed by atoms with Gasteiger partial charge >= 0.3 is 12.3 Å². The average Bonchev–Trinajstić information content (AvgIpc) is 2.73. The maximum Gasteiger partial charge on any atom is 0.544 e. The largest absolute Gasteiger partial charge is 0.544 e. The zero-order valence-electron chi connectivity index (χ0n) is 16.9. The van der Waals surface area contributed by atoms with Crippen molar-refractivity contribution in [1.29, 1.82) is 0 Å². The molecule has 3 rings (SSSR count). The standard InChI is InChI=1S/C22H18F3NO5S/c1-14-12-19(13-20(15(14)2)21(27)28)32(29,30)26(31-22(23,24)25)18-10-8-17(9-11-18)16-6-4-3-5-7-16/h3-13H,1-2H3,(H,27,28). The summed E-state index contributed by atoms with van der Waals surface area (Å²) in [4.78, 5) is 14.7. The first-order chi connectivity index (χ1) is 14.9. The average molecular weight is 465 g/mol. The van der Waals surface area contributed by atoms with Crippen LogP contribution in [0, 0.1) is 13.8 Å². The zero-order valence-corrected chi connectivity index (χ0v) is 17.7. The van der Waals surface area contributed by atoms with Crippen molar-refractivity contribution in [2.24, 2.45) is 0 Å². The van der Waals surface area contributed by atoms with Gasteiger partial charge in [0.2, 0.25) is 0 Å². The van der Waals surface area contributed by atoms with Crippen molar-refractivity contribution in [3.05, 3.63) is 83.4 Å². The number of hydrogen-bond acceptors (Lipinski definition) is 4. The first-order valence-electron chi connectivity index (χ1n) is 9.21. The second-order valence-electron chi connectivity index (χ2n) is 6.90. The monoisotopic (exact) mass is 465 g/mol. The molecule has 32 heavy (non-hydrogen) atoms. The van der Waals surface area contributed by atoms with E-state index in [0.29, 0.717) is 11.1 Å². The van der Waals surface area contributed by atoms with Gasteiger partial charge in [0.1, 0.15) is 0 Å². The number of hydrogen-bond donors (Lipinski definition) is 1. The van der Waals surface area contributed by atoms with Gasteiger partial charge in [0.15, 0.2) is 0 Å². The lowest BCUT2D eigenvalue weighted by Gasteiger charge is -2.25. The quantitative estimate of drug-likeness (QED) is 0.499. The van der Waals surface area contributed by atoms with Crippen LogP contribution in [0.15, 0.2) is 71.6 Å². The molecule has 0 aliphatic carbocycles. The third-order valence-corrected chi connectivity index (χ3v) is 6.31. The van der Waals surface area contributed by atoms with E-state index in [0.717, 1.165) is 17.7 Å². The van der Waals surface area contributed by atoms with Crippen molar-refractivity contribution in [3.63, 3.8) is 0 Å². The van der Waals surface area contributed by atoms with E-state index in [1.165, 1.54) is 38.1 Å². The first-order valence-corrected chi connectivity index (χ1v) is 10.7. The van der Waals surface area contributed by atoms with Crippen LogP contribution < -0.4 is 4.47 Å². The Morgan fingerprint density at radius 3 is 2.03 bits per heavy atom. The number of anilines is 1. The predicted molar refractivity (Wildman–Crippen MR) is 112 cm³/mol. The summed E-state index contributed by atoms with van der Waals surface area (Å²) < 4.78 is 65.3.